The molecule has 0 aliphatic heterocycles. The van der Waals surface area contributed by atoms with Crippen molar-refractivity contribution in [1.29, 1.82) is 0 Å². The Bertz CT molecular complexity index is 752. The van der Waals surface area contributed by atoms with Gasteiger partial charge in [0.1, 0.15) is 5.69 Å². The van der Waals surface area contributed by atoms with Crippen LogP contribution in [0.15, 0.2) is 30.7 Å². The van der Waals surface area contributed by atoms with Crippen molar-refractivity contribution in [2.75, 3.05) is 11.4 Å². The number of hydrogen-bond donors (Lipinski definition) is 1. The van der Waals surface area contributed by atoms with E-state index in [4.69, 9.17) is 11.6 Å². The molecule has 0 fully saturated rings. The molecule has 5 nitrogen and oxygen atoms in total. The Balaban J connectivity index is 2.19. The Labute approximate surface area is 165 Å². The monoisotopic (exact) mass is 420 g/mol. The molecule has 1 atom stereocenters. The molecule has 1 amide bonds. The molecule has 0 aliphatic carbocycles. The van der Waals surface area contributed by atoms with Crippen molar-refractivity contribution < 1.29 is 18.0 Å². The predicted octanol–water partition coefficient (Wildman–Crippen LogP) is 4.69. The summed E-state index contributed by atoms with van der Waals surface area (Å²) in [4.78, 5) is 18.0. The van der Waals surface area contributed by atoms with Gasteiger partial charge in [0.05, 0.1) is 18.1 Å². The van der Waals surface area contributed by atoms with Crippen molar-refractivity contribution in [2.24, 2.45) is 0 Å². The molecule has 2 rings (SSSR count). The van der Waals surface area contributed by atoms with Gasteiger partial charge in [-0.3, -0.25) is 9.78 Å². The minimum atomic E-state index is -4.21. The summed E-state index contributed by atoms with van der Waals surface area (Å²) in [6.45, 7) is 1.89. The van der Waals surface area contributed by atoms with Gasteiger partial charge in [-0.1, -0.05) is 18.5 Å². The van der Waals surface area contributed by atoms with Crippen LogP contribution in [0.3, 0.4) is 0 Å². The zero-order valence-electron chi connectivity index (χ0n) is 14.7. The molecule has 0 radical (unpaired) electrons. The van der Waals surface area contributed by atoms with Crippen LogP contribution in [0.4, 0.5) is 18.9 Å². The molecule has 0 aliphatic rings. The van der Waals surface area contributed by atoms with Crippen molar-refractivity contribution in [2.45, 2.75) is 44.0 Å². The second kappa shape index (κ2) is 9.45. The van der Waals surface area contributed by atoms with Crippen LogP contribution < -0.4 is 4.90 Å². The molecular weight excluding hydrogens is 401 g/mol. The third-order valence-corrected chi connectivity index (χ3v) is 4.17. The minimum absolute atomic E-state index is 0.0714. The van der Waals surface area contributed by atoms with E-state index in [1.54, 1.807) is 37.6 Å². The van der Waals surface area contributed by atoms with Crippen LogP contribution in [-0.4, -0.2) is 38.6 Å². The van der Waals surface area contributed by atoms with Gasteiger partial charge in [0, 0.05) is 30.8 Å². The summed E-state index contributed by atoms with van der Waals surface area (Å²) >= 11 is 10.4. The molecule has 0 saturated heterocycles. The van der Waals surface area contributed by atoms with Gasteiger partial charge in [0.2, 0.25) is 5.91 Å². The zero-order chi connectivity index (χ0) is 20.0. The highest BCUT2D eigenvalue weighted by molar-refractivity contribution is 7.80. The number of halogens is 4. The number of alkyl halides is 3. The van der Waals surface area contributed by atoms with E-state index in [1.165, 1.54) is 9.58 Å². The largest absolute Gasteiger partial charge is 0.389 e. The second-order valence-corrected chi connectivity index (χ2v) is 7.37. The first kappa shape index (κ1) is 21.6. The number of unbranched alkanes of at least 4 members (excludes halogenated alkanes) is 1. The molecule has 148 valence electrons. The number of carbonyl (C=O) groups is 1. The lowest BCUT2D eigenvalue weighted by Gasteiger charge is -2.22. The Hall–Kier alpha value is -1.74. The van der Waals surface area contributed by atoms with Crippen LogP contribution in [0.25, 0.3) is 5.69 Å². The van der Waals surface area contributed by atoms with Gasteiger partial charge in [-0.2, -0.15) is 30.9 Å². The summed E-state index contributed by atoms with van der Waals surface area (Å²) in [7, 11) is 0. The third kappa shape index (κ3) is 6.73. The summed E-state index contributed by atoms with van der Waals surface area (Å²) < 4.78 is 38.6. The van der Waals surface area contributed by atoms with E-state index in [2.05, 4.69) is 22.7 Å². The first-order valence-electron chi connectivity index (χ1n) is 8.38. The maximum absolute atomic E-state index is 12.6. The number of aromatic nitrogens is 3. The van der Waals surface area contributed by atoms with Crippen molar-refractivity contribution in [3.05, 3.63) is 35.9 Å². The van der Waals surface area contributed by atoms with Crippen LogP contribution in [0.1, 0.15) is 32.6 Å². The number of amides is 1. The molecule has 0 saturated carbocycles. The summed E-state index contributed by atoms with van der Waals surface area (Å²) in [6, 6.07) is 3.50. The van der Waals surface area contributed by atoms with Crippen LogP contribution in [-0.2, 0) is 4.79 Å². The van der Waals surface area contributed by atoms with Crippen LogP contribution in [0.5, 0.6) is 0 Å². The van der Waals surface area contributed by atoms with Gasteiger partial charge < -0.3 is 4.90 Å². The number of anilines is 1. The number of carbonyl (C=O) groups excluding carboxylic acids is 1. The Morgan fingerprint density at radius 3 is 2.74 bits per heavy atom. The number of pyridine rings is 1. The highest BCUT2D eigenvalue weighted by Gasteiger charge is 2.27. The van der Waals surface area contributed by atoms with Gasteiger partial charge in [0.15, 0.2) is 5.15 Å². The van der Waals surface area contributed by atoms with E-state index in [0.717, 1.165) is 0 Å². The minimum Gasteiger partial charge on any atom is -0.308 e. The van der Waals surface area contributed by atoms with E-state index in [0.29, 0.717) is 11.4 Å². The topological polar surface area (TPSA) is 51.0 Å². The lowest BCUT2D eigenvalue weighted by molar-refractivity contribution is -0.135. The smallest absolute Gasteiger partial charge is 0.308 e. The summed E-state index contributed by atoms with van der Waals surface area (Å²) in [6.07, 6.45) is -0.0733. The number of nitrogens with zero attached hydrogens (tertiary/aromatic N) is 4. The molecule has 1 unspecified atom stereocenters. The van der Waals surface area contributed by atoms with E-state index in [9.17, 15) is 18.0 Å². The van der Waals surface area contributed by atoms with Crippen LogP contribution >= 0.6 is 24.2 Å². The van der Waals surface area contributed by atoms with Gasteiger partial charge in [-0.05, 0) is 25.0 Å². The SMILES string of the molecule is CC(S)CC(=O)N(CCCCC(F)(F)F)c1cn(-c2cccnc2)nc1Cl. The molecule has 0 aromatic carbocycles. The standard InChI is InChI=1S/C17H20ClF3N4OS/c1-12(27)9-15(26)24(8-3-2-6-17(19,20)21)14-11-25(23-16(14)18)13-5-4-7-22-10-13/h4-5,7,10-12,27H,2-3,6,8-9H2,1H3. The Morgan fingerprint density at radius 1 is 1.41 bits per heavy atom. The fraction of sp³-hybridized carbons (Fsp3) is 0.471. The summed E-state index contributed by atoms with van der Waals surface area (Å²) in [5, 5.41) is 4.08. The van der Waals surface area contributed by atoms with Crippen molar-refractivity contribution in [3.63, 3.8) is 0 Å². The first-order chi connectivity index (χ1) is 12.7. The van der Waals surface area contributed by atoms with E-state index in [1.807, 2.05) is 0 Å². The number of thiol groups is 1. The molecule has 10 heteroatoms. The average molecular weight is 421 g/mol. The maximum Gasteiger partial charge on any atom is 0.389 e. The molecule has 2 aromatic heterocycles. The normalized spacial score (nSPS) is 12.8. The van der Waals surface area contributed by atoms with E-state index in [-0.39, 0.29) is 42.1 Å². The Morgan fingerprint density at radius 2 is 2.15 bits per heavy atom. The fourth-order valence-corrected chi connectivity index (χ4v) is 2.87. The fourth-order valence-electron chi connectivity index (χ4n) is 2.48. The lowest BCUT2D eigenvalue weighted by Crippen LogP contribution is -2.33. The summed E-state index contributed by atoms with van der Waals surface area (Å²) in [5.41, 5.74) is 1.00. The predicted molar refractivity (Wildman–Crippen MR) is 102 cm³/mol. The average Bonchev–Trinajstić information content (AvgIpc) is 2.95. The Kier molecular flexibility index (Phi) is 7.55. The van der Waals surface area contributed by atoms with E-state index < -0.39 is 12.6 Å². The molecule has 2 aromatic rings. The van der Waals surface area contributed by atoms with Crippen LogP contribution in [0.2, 0.25) is 5.15 Å². The van der Waals surface area contributed by atoms with Crippen molar-refractivity contribution in [3.8, 4) is 5.69 Å². The third-order valence-electron chi connectivity index (χ3n) is 3.72. The van der Waals surface area contributed by atoms with Gasteiger partial charge in [-0.25, -0.2) is 4.68 Å². The van der Waals surface area contributed by atoms with Gasteiger partial charge in [-0.15, -0.1) is 0 Å². The van der Waals surface area contributed by atoms with Crippen molar-refractivity contribution >= 4 is 35.8 Å². The molecule has 0 bridgehead atoms. The molecule has 0 N–H and O–H groups in total. The first-order valence-corrected chi connectivity index (χ1v) is 9.27. The zero-order valence-corrected chi connectivity index (χ0v) is 16.3. The number of rotatable bonds is 8. The molecule has 2 heterocycles. The highest BCUT2D eigenvalue weighted by Crippen LogP contribution is 2.28. The molecule has 27 heavy (non-hydrogen) atoms. The van der Waals surface area contributed by atoms with Gasteiger partial charge >= 0.3 is 6.18 Å². The van der Waals surface area contributed by atoms with E-state index >= 15 is 0 Å². The van der Waals surface area contributed by atoms with Gasteiger partial charge in [0.25, 0.3) is 0 Å². The molecular formula is C17H20ClF3N4OS. The lowest BCUT2D eigenvalue weighted by atomic mass is 10.2. The van der Waals surface area contributed by atoms with Crippen molar-refractivity contribution in [1.82, 2.24) is 14.8 Å². The highest BCUT2D eigenvalue weighted by atomic mass is 35.5. The van der Waals surface area contributed by atoms with Crippen LogP contribution in [0, 0.1) is 0 Å². The quantitative estimate of drug-likeness (QED) is 0.497. The maximum atomic E-state index is 12.6. The second-order valence-electron chi connectivity index (χ2n) is 6.13. The number of hydrogen-bond acceptors (Lipinski definition) is 4. The molecule has 0 spiro atoms. The summed E-state index contributed by atoms with van der Waals surface area (Å²) in [5.74, 6) is -0.267.